The smallest absolute Gasteiger partial charge is 0.251 e. The molecule has 1 aromatic heterocycles. The summed E-state index contributed by atoms with van der Waals surface area (Å²) in [6.07, 6.45) is 0. The number of anilines is 1. The van der Waals surface area contributed by atoms with Crippen molar-refractivity contribution in [2.24, 2.45) is 7.05 Å². The molecule has 2 heterocycles. The Morgan fingerprint density at radius 2 is 1.82 bits per heavy atom. The lowest BCUT2D eigenvalue weighted by atomic mass is 10.2. The van der Waals surface area contributed by atoms with Crippen LogP contribution in [0.4, 0.5) is 5.95 Å². The monoisotopic (exact) mass is 322 g/mol. The van der Waals surface area contributed by atoms with Gasteiger partial charge in [0, 0.05) is 20.1 Å². The second-order valence-corrected chi connectivity index (χ2v) is 7.07. The molecule has 0 spiro atoms. The van der Waals surface area contributed by atoms with E-state index in [1.807, 2.05) is 23.1 Å². The minimum Gasteiger partial charge on any atom is -0.378 e. The Morgan fingerprint density at radius 1 is 1.14 bits per heavy atom. The van der Waals surface area contributed by atoms with E-state index in [-0.39, 0.29) is 10.9 Å². The van der Waals surface area contributed by atoms with Crippen LogP contribution in [-0.2, 0) is 27.4 Å². The van der Waals surface area contributed by atoms with Gasteiger partial charge in [-0.05, 0) is 5.56 Å². The standard InChI is InChI=1S/C14H18N4O3S/c1-17-13(18-7-9-21-10-8-18)15-16-14(17)22(19,20)11-12-5-3-2-4-6-12/h2-6H,7-11H2,1H3. The maximum absolute atomic E-state index is 12.6. The van der Waals surface area contributed by atoms with Crippen molar-refractivity contribution in [2.75, 3.05) is 31.2 Å². The molecule has 7 nitrogen and oxygen atoms in total. The van der Waals surface area contributed by atoms with Gasteiger partial charge in [0.25, 0.3) is 5.16 Å². The molecular weight excluding hydrogens is 304 g/mol. The Bertz CT molecular complexity index is 737. The van der Waals surface area contributed by atoms with E-state index >= 15 is 0 Å². The predicted octanol–water partition coefficient (Wildman–Crippen LogP) is 0.626. The van der Waals surface area contributed by atoms with Crippen LogP contribution >= 0.6 is 0 Å². The van der Waals surface area contributed by atoms with E-state index in [4.69, 9.17) is 4.74 Å². The summed E-state index contributed by atoms with van der Waals surface area (Å²) < 4.78 is 31.9. The molecule has 1 aliphatic heterocycles. The zero-order valence-corrected chi connectivity index (χ0v) is 13.2. The van der Waals surface area contributed by atoms with Gasteiger partial charge in [-0.3, -0.25) is 4.57 Å². The highest BCUT2D eigenvalue weighted by atomic mass is 32.2. The fraction of sp³-hybridized carbons (Fsp3) is 0.429. The van der Waals surface area contributed by atoms with Crippen LogP contribution in [0, 0.1) is 0 Å². The first-order valence-electron chi connectivity index (χ1n) is 7.07. The van der Waals surface area contributed by atoms with Crippen molar-refractivity contribution in [1.29, 1.82) is 0 Å². The summed E-state index contributed by atoms with van der Waals surface area (Å²) in [7, 11) is -1.85. The normalized spacial score (nSPS) is 16.0. The number of sulfone groups is 1. The summed E-state index contributed by atoms with van der Waals surface area (Å²) >= 11 is 0. The second kappa shape index (κ2) is 6.05. The Hall–Kier alpha value is -1.93. The van der Waals surface area contributed by atoms with Crippen molar-refractivity contribution >= 4 is 15.8 Å². The molecule has 1 saturated heterocycles. The van der Waals surface area contributed by atoms with Crippen molar-refractivity contribution in [1.82, 2.24) is 14.8 Å². The summed E-state index contributed by atoms with van der Waals surface area (Å²) in [5.74, 6) is 0.484. The van der Waals surface area contributed by atoms with E-state index in [2.05, 4.69) is 10.2 Å². The zero-order valence-electron chi connectivity index (χ0n) is 12.3. The van der Waals surface area contributed by atoms with Crippen LogP contribution in [0.2, 0.25) is 0 Å². The summed E-state index contributed by atoms with van der Waals surface area (Å²) in [6, 6.07) is 9.07. The number of benzene rings is 1. The van der Waals surface area contributed by atoms with Crippen LogP contribution in [0.1, 0.15) is 5.56 Å². The van der Waals surface area contributed by atoms with Gasteiger partial charge < -0.3 is 9.64 Å². The molecule has 0 atom stereocenters. The van der Waals surface area contributed by atoms with E-state index in [0.717, 1.165) is 5.56 Å². The molecule has 0 unspecified atom stereocenters. The van der Waals surface area contributed by atoms with Gasteiger partial charge in [0.15, 0.2) is 0 Å². The first-order chi connectivity index (χ1) is 10.6. The highest BCUT2D eigenvalue weighted by molar-refractivity contribution is 7.90. The molecule has 1 aromatic carbocycles. The van der Waals surface area contributed by atoms with Gasteiger partial charge in [0.1, 0.15) is 0 Å². The molecule has 118 valence electrons. The Labute approximate surface area is 129 Å². The van der Waals surface area contributed by atoms with Gasteiger partial charge >= 0.3 is 0 Å². The van der Waals surface area contributed by atoms with E-state index in [1.54, 1.807) is 23.7 Å². The Balaban J connectivity index is 1.86. The third-order valence-corrected chi connectivity index (χ3v) is 5.21. The molecular formula is C14H18N4O3S. The molecule has 0 bridgehead atoms. The molecule has 3 rings (SSSR count). The zero-order chi connectivity index (χ0) is 15.6. The average molecular weight is 322 g/mol. The molecule has 0 radical (unpaired) electrons. The molecule has 2 aromatic rings. The van der Waals surface area contributed by atoms with Crippen molar-refractivity contribution in [3.05, 3.63) is 35.9 Å². The van der Waals surface area contributed by atoms with Gasteiger partial charge in [-0.15, -0.1) is 10.2 Å². The number of morpholine rings is 1. The van der Waals surface area contributed by atoms with Gasteiger partial charge in [0.2, 0.25) is 15.8 Å². The fourth-order valence-corrected chi connectivity index (χ4v) is 3.90. The quantitative estimate of drug-likeness (QED) is 0.821. The van der Waals surface area contributed by atoms with E-state index < -0.39 is 9.84 Å². The van der Waals surface area contributed by atoms with Crippen molar-refractivity contribution < 1.29 is 13.2 Å². The van der Waals surface area contributed by atoms with Crippen LogP contribution in [0.15, 0.2) is 35.5 Å². The first kappa shape index (κ1) is 15.0. The SMILES string of the molecule is Cn1c(N2CCOCC2)nnc1S(=O)(=O)Cc1ccccc1. The first-order valence-corrected chi connectivity index (χ1v) is 8.72. The molecule has 0 N–H and O–H groups in total. The van der Waals surface area contributed by atoms with Crippen LogP contribution < -0.4 is 4.90 Å². The van der Waals surface area contributed by atoms with Gasteiger partial charge in [-0.25, -0.2) is 8.42 Å². The van der Waals surface area contributed by atoms with Gasteiger partial charge in [0.05, 0.1) is 19.0 Å². The minimum absolute atomic E-state index is 0.00200. The van der Waals surface area contributed by atoms with Crippen molar-refractivity contribution in [3.8, 4) is 0 Å². The number of hydrogen-bond acceptors (Lipinski definition) is 6. The maximum Gasteiger partial charge on any atom is 0.251 e. The Morgan fingerprint density at radius 3 is 2.50 bits per heavy atom. The van der Waals surface area contributed by atoms with Crippen molar-refractivity contribution in [3.63, 3.8) is 0 Å². The highest BCUT2D eigenvalue weighted by Crippen LogP contribution is 2.19. The lowest BCUT2D eigenvalue weighted by Gasteiger charge is -2.27. The number of rotatable bonds is 4. The van der Waals surface area contributed by atoms with E-state index in [1.165, 1.54) is 0 Å². The molecule has 0 saturated carbocycles. The lowest BCUT2D eigenvalue weighted by Crippen LogP contribution is -2.37. The molecule has 22 heavy (non-hydrogen) atoms. The number of nitrogens with zero attached hydrogens (tertiary/aromatic N) is 4. The average Bonchev–Trinajstić information content (AvgIpc) is 2.91. The Kier molecular flexibility index (Phi) is 4.12. The molecule has 1 aliphatic rings. The highest BCUT2D eigenvalue weighted by Gasteiger charge is 2.26. The molecule has 1 fully saturated rings. The third-order valence-electron chi connectivity index (χ3n) is 3.58. The molecule has 8 heteroatoms. The number of hydrogen-bond donors (Lipinski definition) is 0. The second-order valence-electron chi connectivity index (χ2n) is 5.19. The topological polar surface area (TPSA) is 77.3 Å². The fourth-order valence-electron chi connectivity index (χ4n) is 2.47. The number of aromatic nitrogens is 3. The van der Waals surface area contributed by atoms with E-state index in [0.29, 0.717) is 32.3 Å². The van der Waals surface area contributed by atoms with Crippen molar-refractivity contribution in [2.45, 2.75) is 10.9 Å². The summed E-state index contributed by atoms with van der Waals surface area (Å²) in [4.78, 5) is 1.98. The van der Waals surface area contributed by atoms with Gasteiger partial charge in [-0.1, -0.05) is 30.3 Å². The van der Waals surface area contributed by atoms with Gasteiger partial charge in [-0.2, -0.15) is 0 Å². The van der Waals surface area contributed by atoms with Crippen LogP contribution in [0.5, 0.6) is 0 Å². The summed E-state index contributed by atoms with van der Waals surface area (Å²) in [6.45, 7) is 2.59. The largest absolute Gasteiger partial charge is 0.378 e. The predicted molar refractivity (Wildman–Crippen MR) is 81.4 cm³/mol. The van der Waals surface area contributed by atoms with Crippen LogP contribution in [0.25, 0.3) is 0 Å². The molecule has 0 aliphatic carbocycles. The van der Waals surface area contributed by atoms with E-state index in [9.17, 15) is 8.42 Å². The maximum atomic E-state index is 12.6. The summed E-state index contributed by atoms with van der Waals surface area (Å²) in [5.41, 5.74) is 0.735. The minimum atomic E-state index is -3.53. The third kappa shape index (κ3) is 2.97. The molecule has 0 amide bonds. The van der Waals surface area contributed by atoms with Crippen LogP contribution in [-0.4, -0.2) is 49.5 Å². The van der Waals surface area contributed by atoms with Crippen LogP contribution in [0.3, 0.4) is 0 Å². The lowest BCUT2D eigenvalue weighted by molar-refractivity contribution is 0.121. The number of ether oxygens (including phenoxy) is 1. The summed E-state index contributed by atoms with van der Waals surface area (Å²) in [5, 5.41) is 7.95.